The normalized spacial score (nSPS) is 22.6. The van der Waals surface area contributed by atoms with Gasteiger partial charge in [-0.3, -0.25) is 0 Å². The zero-order valence-corrected chi connectivity index (χ0v) is 10.1. The average molecular weight is 237 g/mol. The first kappa shape index (κ1) is 10.5. The van der Waals surface area contributed by atoms with Gasteiger partial charge in [0, 0.05) is 16.2 Å². The Morgan fingerprint density at radius 3 is 2.81 bits per heavy atom. The molecular weight excluding hydrogens is 221 g/mol. The third kappa shape index (κ3) is 1.71. The van der Waals surface area contributed by atoms with Crippen LogP contribution in [0.1, 0.15) is 32.1 Å². The van der Waals surface area contributed by atoms with Gasteiger partial charge in [0.1, 0.15) is 5.82 Å². The van der Waals surface area contributed by atoms with Gasteiger partial charge in [0.05, 0.1) is 5.69 Å². The molecule has 3 rings (SSSR count). The second-order valence-corrected chi connectivity index (χ2v) is 6.32. The molecule has 0 radical (unpaired) electrons. The van der Waals surface area contributed by atoms with Crippen molar-refractivity contribution < 1.29 is 4.39 Å². The molecule has 3 heteroatoms. The van der Waals surface area contributed by atoms with Crippen LogP contribution in [0.3, 0.4) is 0 Å². The van der Waals surface area contributed by atoms with Crippen molar-refractivity contribution in [3.8, 4) is 0 Å². The summed E-state index contributed by atoms with van der Waals surface area (Å²) in [7, 11) is 0. The van der Waals surface area contributed by atoms with Gasteiger partial charge in [-0.2, -0.15) is 0 Å². The Morgan fingerprint density at radius 1 is 1.19 bits per heavy atom. The van der Waals surface area contributed by atoms with Crippen molar-refractivity contribution in [2.24, 2.45) is 0 Å². The minimum atomic E-state index is -0.115. The topological polar surface area (TPSA) is 12.0 Å². The maximum atomic E-state index is 13.6. The molecule has 1 fully saturated rings. The van der Waals surface area contributed by atoms with Crippen molar-refractivity contribution in [1.82, 2.24) is 0 Å². The second kappa shape index (κ2) is 3.95. The van der Waals surface area contributed by atoms with Crippen molar-refractivity contribution in [3.05, 3.63) is 24.0 Å². The average Bonchev–Trinajstić information content (AvgIpc) is 2.30. The number of anilines is 1. The Hall–Kier alpha value is -0.700. The number of rotatable bonds is 0. The summed E-state index contributed by atoms with van der Waals surface area (Å²) in [6, 6.07) is 5.38. The molecule has 1 nitrogen and oxygen atoms in total. The molecule has 1 aromatic carbocycles. The van der Waals surface area contributed by atoms with E-state index in [2.05, 4.69) is 5.32 Å². The summed E-state index contributed by atoms with van der Waals surface area (Å²) in [5.74, 6) is -0.115. The fraction of sp³-hybridized carbons (Fsp3) is 0.538. The Morgan fingerprint density at radius 2 is 2.00 bits per heavy atom. The molecule has 1 heterocycles. The van der Waals surface area contributed by atoms with Crippen molar-refractivity contribution in [1.29, 1.82) is 0 Å². The molecule has 2 aliphatic rings. The van der Waals surface area contributed by atoms with Crippen LogP contribution in [0, 0.1) is 5.82 Å². The maximum absolute atomic E-state index is 13.6. The third-order valence-corrected chi connectivity index (χ3v) is 5.20. The van der Waals surface area contributed by atoms with Crippen LogP contribution in [-0.2, 0) is 0 Å². The van der Waals surface area contributed by atoms with E-state index in [0.717, 1.165) is 11.4 Å². The largest absolute Gasteiger partial charge is 0.380 e. The number of benzene rings is 1. The highest BCUT2D eigenvalue weighted by molar-refractivity contribution is 8.01. The van der Waals surface area contributed by atoms with Gasteiger partial charge < -0.3 is 5.32 Å². The van der Waals surface area contributed by atoms with Crippen molar-refractivity contribution >= 4 is 17.4 Å². The summed E-state index contributed by atoms with van der Waals surface area (Å²) in [6.45, 7) is 0.922. The fourth-order valence-corrected chi connectivity index (χ4v) is 4.28. The number of hydrogen-bond donors (Lipinski definition) is 1. The quantitative estimate of drug-likeness (QED) is 0.730. The SMILES string of the molecule is Fc1cccc2c1NCC1(CCCCC1)S2. The standard InChI is InChI=1S/C13H16FNS/c14-10-5-4-6-11-12(10)15-9-13(16-11)7-2-1-3-8-13/h4-6,15H,1-3,7-9H2. The lowest BCUT2D eigenvalue weighted by atomic mass is 9.88. The van der Waals surface area contributed by atoms with Gasteiger partial charge in [0.15, 0.2) is 0 Å². The third-order valence-electron chi connectivity index (χ3n) is 3.65. The molecule has 1 aromatic rings. The first-order valence-electron chi connectivity index (χ1n) is 6.01. The lowest BCUT2D eigenvalue weighted by Gasteiger charge is -2.40. The predicted molar refractivity (Wildman–Crippen MR) is 66.6 cm³/mol. The van der Waals surface area contributed by atoms with E-state index in [1.54, 1.807) is 0 Å². The number of halogens is 1. The van der Waals surface area contributed by atoms with E-state index in [-0.39, 0.29) is 5.82 Å². The summed E-state index contributed by atoms with van der Waals surface area (Å²) in [5, 5.41) is 3.30. The molecule has 0 atom stereocenters. The zero-order valence-electron chi connectivity index (χ0n) is 9.26. The number of thioether (sulfide) groups is 1. The highest BCUT2D eigenvalue weighted by Gasteiger charge is 2.37. The van der Waals surface area contributed by atoms with Gasteiger partial charge in [-0.25, -0.2) is 4.39 Å². The highest BCUT2D eigenvalue weighted by atomic mass is 32.2. The molecule has 0 aromatic heterocycles. The van der Waals surface area contributed by atoms with Crippen molar-refractivity contribution in [3.63, 3.8) is 0 Å². The van der Waals surface area contributed by atoms with Gasteiger partial charge in [0.2, 0.25) is 0 Å². The van der Waals surface area contributed by atoms with Crippen molar-refractivity contribution in [2.75, 3.05) is 11.9 Å². The molecule has 86 valence electrons. The van der Waals surface area contributed by atoms with Crippen LogP contribution in [0.15, 0.2) is 23.1 Å². The molecule has 0 bridgehead atoms. The zero-order chi connectivity index (χ0) is 11.0. The summed E-state index contributed by atoms with van der Waals surface area (Å²) in [5.41, 5.74) is 0.712. The smallest absolute Gasteiger partial charge is 0.147 e. The van der Waals surface area contributed by atoms with E-state index in [4.69, 9.17) is 0 Å². The minimum Gasteiger partial charge on any atom is -0.380 e. The lowest BCUT2D eigenvalue weighted by molar-refractivity contribution is 0.407. The van der Waals surface area contributed by atoms with E-state index < -0.39 is 0 Å². The van der Waals surface area contributed by atoms with E-state index >= 15 is 0 Å². The summed E-state index contributed by atoms with van der Waals surface area (Å²) in [6.07, 6.45) is 6.53. The predicted octanol–water partition coefficient (Wildman–Crippen LogP) is 4.05. The molecular formula is C13H16FNS. The summed E-state index contributed by atoms with van der Waals surface area (Å²) in [4.78, 5) is 1.09. The van der Waals surface area contributed by atoms with E-state index in [1.807, 2.05) is 23.9 Å². The number of hydrogen-bond acceptors (Lipinski definition) is 2. The van der Waals surface area contributed by atoms with Crippen molar-refractivity contribution in [2.45, 2.75) is 41.7 Å². The molecule has 0 amide bonds. The Kier molecular flexibility index (Phi) is 2.58. The Balaban J connectivity index is 1.91. The maximum Gasteiger partial charge on any atom is 0.147 e. The van der Waals surface area contributed by atoms with Gasteiger partial charge in [-0.15, -0.1) is 11.8 Å². The van der Waals surface area contributed by atoms with Crippen LogP contribution in [0.25, 0.3) is 0 Å². The van der Waals surface area contributed by atoms with E-state index in [0.29, 0.717) is 10.4 Å². The number of para-hydroxylation sites is 1. The molecule has 0 unspecified atom stereocenters. The first-order valence-corrected chi connectivity index (χ1v) is 6.82. The molecule has 1 spiro atoms. The number of nitrogens with one attached hydrogen (secondary N) is 1. The van der Waals surface area contributed by atoms with Crippen LogP contribution in [0.2, 0.25) is 0 Å². The van der Waals surface area contributed by atoms with E-state index in [1.165, 1.54) is 38.2 Å². The van der Waals surface area contributed by atoms with Gasteiger partial charge in [-0.05, 0) is 25.0 Å². The van der Waals surface area contributed by atoms with E-state index in [9.17, 15) is 4.39 Å². The molecule has 16 heavy (non-hydrogen) atoms. The van der Waals surface area contributed by atoms with Crippen LogP contribution in [0.4, 0.5) is 10.1 Å². The van der Waals surface area contributed by atoms with Gasteiger partial charge in [-0.1, -0.05) is 25.3 Å². The van der Waals surface area contributed by atoms with Crippen LogP contribution >= 0.6 is 11.8 Å². The van der Waals surface area contributed by atoms with Gasteiger partial charge in [0.25, 0.3) is 0 Å². The second-order valence-electron chi connectivity index (χ2n) is 4.81. The molecule has 0 saturated heterocycles. The molecule has 1 aliphatic carbocycles. The molecule has 1 N–H and O–H groups in total. The molecule has 1 aliphatic heterocycles. The lowest BCUT2D eigenvalue weighted by Crippen LogP contribution is -2.38. The monoisotopic (exact) mass is 237 g/mol. The Labute approximate surface area is 99.8 Å². The highest BCUT2D eigenvalue weighted by Crippen LogP contribution is 2.49. The Bertz CT molecular complexity index is 399. The van der Waals surface area contributed by atoms with Gasteiger partial charge >= 0.3 is 0 Å². The number of fused-ring (bicyclic) bond motifs is 1. The fourth-order valence-electron chi connectivity index (χ4n) is 2.75. The molecule has 1 saturated carbocycles. The minimum absolute atomic E-state index is 0.115. The van der Waals surface area contributed by atoms with Crippen LogP contribution in [0.5, 0.6) is 0 Å². The van der Waals surface area contributed by atoms with Crippen LogP contribution in [-0.4, -0.2) is 11.3 Å². The summed E-state index contributed by atoms with van der Waals surface area (Å²) < 4.78 is 13.9. The first-order chi connectivity index (χ1) is 7.79. The summed E-state index contributed by atoms with van der Waals surface area (Å²) >= 11 is 1.89. The van der Waals surface area contributed by atoms with Crippen LogP contribution < -0.4 is 5.32 Å².